The van der Waals surface area contributed by atoms with E-state index >= 15 is 0 Å². The molecule has 0 unspecified atom stereocenters. The lowest BCUT2D eigenvalue weighted by Gasteiger charge is -2.08. The number of carbonyl (C=O) groups is 1. The van der Waals surface area contributed by atoms with E-state index in [-0.39, 0.29) is 0 Å². The lowest BCUT2D eigenvalue weighted by Crippen LogP contribution is -2.21. The number of fused-ring (bicyclic) bond motifs is 1. The van der Waals surface area contributed by atoms with E-state index in [0.29, 0.717) is 0 Å². The molecule has 0 aliphatic rings. The fraction of sp³-hybridized carbons (Fsp3) is 0.161. The van der Waals surface area contributed by atoms with Crippen LogP contribution in [0.15, 0.2) is 91.0 Å². The Morgan fingerprint density at radius 3 is 1.85 bits per heavy atom. The van der Waals surface area contributed by atoms with Crippen LogP contribution >= 0.6 is 0 Å². The number of nitrogens with one attached hydrogen (secondary N) is 2. The highest BCUT2D eigenvalue weighted by Crippen LogP contribution is 2.26. The number of H-pyrrole nitrogens is 1. The zero-order valence-electron chi connectivity index (χ0n) is 21.9. The molecule has 0 amide bonds. The molecule has 1 heterocycles. The van der Waals surface area contributed by atoms with E-state index in [4.69, 9.17) is 19.6 Å². The molecule has 0 bridgehead atoms. The number of nitrogens with zero attached hydrogens (tertiary/aromatic N) is 1. The quantitative estimate of drug-likeness (QED) is 0.202. The number of carboxylic acid groups (broad SMARTS) is 1. The van der Waals surface area contributed by atoms with E-state index in [2.05, 4.69) is 96.1 Å². The minimum Gasteiger partial charge on any atom is -0.497 e. The number of carboxylic acids is 1. The monoisotopic (exact) mass is 547 g/mol. The van der Waals surface area contributed by atoms with Crippen LogP contribution in [0.1, 0.15) is 16.7 Å². The molecule has 5 aromatic rings. The summed E-state index contributed by atoms with van der Waals surface area (Å²) in [5.74, 6) is -0.966. The lowest BCUT2D eigenvalue weighted by molar-refractivity contribution is -0.192. The second kappa shape index (κ2) is 12.5. The first-order valence-electron chi connectivity index (χ1n) is 12.4. The number of aryl methyl sites for hydroxylation is 1. The highest BCUT2D eigenvalue weighted by Gasteiger charge is 2.38. The minimum absolute atomic E-state index is 0.828. The Kier molecular flexibility index (Phi) is 8.86. The van der Waals surface area contributed by atoms with E-state index in [9.17, 15) is 13.2 Å². The minimum atomic E-state index is -5.08. The molecule has 9 heteroatoms. The van der Waals surface area contributed by atoms with Gasteiger partial charge in [0.05, 0.1) is 18.1 Å². The number of para-hydroxylation sites is 1. The van der Waals surface area contributed by atoms with Crippen LogP contribution in [0.2, 0.25) is 0 Å². The molecule has 6 nitrogen and oxygen atoms in total. The number of alkyl halides is 3. The van der Waals surface area contributed by atoms with Gasteiger partial charge < -0.3 is 20.1 Å². The number of halogens is 3. The summed E-state index contributed by atoms with van der Waals surface area (Å²) in [5.41, 5.74) is 9.30. The normalized spacial score (nSPS) is 11.1. The van der Waals surface area contributed by atoms with E-state index in [1.165, 1.54) is 27.8 Å². The number of imidazole rings is 1. The third-order valence-electron chi connectivity index (χ3n) is 6.22. The molecular formula is C31H28F3N3O3. The van der Waals surface area contributed by atoms with Crippen LogP contribution in [-0.4, -0.2) is 34.3 Å². The van der Waals surface area contributed by atoms with Crippen molar-refractivity contribution in [3.8, 4) is 28.3 Å². The molecule has 1 aromatic heterocycles. The molecule has 4 aromatic carbocycles. The third-order valence-corrected chi connectivity index (χ3v) is 6.22. The lowest BCUT2D eigenvalue weighted by atomic mass is 10.0. The molecule has 5 rings (SSSR count). The molecule has 0 spiro atoms. The second-order valence-electron chi connectivity index (χ2n) is 9.09. The molecule has 40 heavy (non-hydrogen) atoms. The summed E-state index contributed by atoms with van der Waals surface area (Å²) in [6, 6.07) is 31.7. The maximum Gasteiger partial charge on any atom is 0.490 e. The summed E-state index contributed by atoms with van der Waals surface area (Å²) in [4.78, 5) is 17.1. The Morgan fingerprint density at radius 2 is 1.35 bits per heavy atom. The van der Waals surface area contributed by atoms with Crippen molar-refractivity contribution in [1.29, 1.82) is 0 Å². The van der Waals surface area contributed by atoms with E-state index in [1.54, 1.807) is 7.11 Å². The summed E-state index contributed by atoms with van der Waals surface area (Å²) < 4.78 is 36.9. The number of aromatic amines is 1. The van der Waals surface area contributed by atoms with Gasteiger partial charge in [0.15, 0.2) is 0 Å². The van der Waals surface area contributed by atoms with Crippen LogP contribution < -0.4 is 10.1 Å². The molecule has 206 valence electrons. The van der Waals surface area contributed by atoms with Crippen LogP contribution in [0, 0.1) is 6.92 Å². The van der Waals surface area contributed by atoms with Crippen molar-refractivity contribution in [2.24, 2.45) is 0 Å². The first-order chi connectivity index (χ1) is 19.1. The average Bonchev–Trinajstić information content (AvgIpc) is 3.40. The van der Waals surface area contributed by atoms with Gasteiger partial charge in [-0.1, -0.05) is 72.8 Å². The molecule has 0 radical (unpaired) electrons. The zero-order valence-corrected chi connectivity index (χ0v) is 21.9. The summed E-state index contributed by atoms with van der Waals surface area (Å²) in [7, 11) is 1.69. The highest BCUT2D eigenvalue weighted by molar-refractivity contribution is 5.82. The van der Waals surface area contributed by atoms with Crippen LogP contribution in [0.5, 0.6) is 5.75 Å². The number of hydrogen-bond donors (Lipinski definition) is 3. The van der Waals surface area contributed by atoms with Crippen molar-refractivity contribution in [2.75, 3.05) is 7.11 Å². The van der Waals surface area contributed by atoms with Crippen LogP contribution in [0.3, 0.4) is 0 Å². The maximum absolute atomic E-state index is 10.6. The van der Waals surface area contributed by atoms with Gasteiger partial charge >= 0.3 is 12.1 Å². The van der Waals surface area contributed by atoms with Crippen molar-refractivity contribution < 1.29 is 27.8 Å². The molecular weight excluding hydrogens is 519 g/mol. The second-order valence-corrected chi connectivity index (χ2v) is 9.09. The van der Waals surface area contributed by atoms with Crippen LogP contribution in [0.25, 0.3) is 33.5 Å². The average molecular weight is 548 g/mol. The predicted octanol–water partition coefficient (Wildman–Crippen LogP) is 7.14. The smallest absolute Gasteiger partial charge is 0.490 e. The van der Waals surface area contributed by atoms with Crippen LogP contribution in [-0.2, 0) is 17.9 Å². The van der Waals surface area contributed by atoms with Gasteiger partial charge in [0.25, 0.3) is 0 Å². The van der Waals surface area contributed by atoms with Gasteiger partial charge in [-0.05, 0) is 52.9 Å². The van der Waals surface area contributed by atoms with E-state index < -0.39 is 12.1 Å². The Balaban J connectivity index is 0.000000470. The van der Waals surface area contributed by atoms with Gasteiger partial charge in [-0.3, -0.25) is 0 Å². The summed E-state index contributed by atoms with van der Waals surface area (Å²) in [5, 5.41) is 10.6. The van der Waals surface area contributed by atoms with Gasteiger partial charge in [-0.25, -0.2) is 9.78 Å². The van der Waals surface area contributed by atoms with Crippen molar-refractivity contribution in [3.05, 3.63) is 108 Å². The molecule has 0 aliphatic carbocycles. The standard InChI is InChI=1S/C29H27N3O.C2HF3O2/c1-20-4-3-5-27-28(20)32-29(31-27)25-14-12-24(13-15-25)23-10-6-21(7-11-23)18-30-19-22-8-16-26(33-2)17-9-22;3-2(4,5)1(6)7/h3-17,30H,18-19H2,1-2H3,(H,31,32);(H,6,7). The molecule has 0 saturated carbocycles. The first-order valence-corrected chi connectivity index (χ1v) is 12.4. The van der Waals surface area contributed by atoms with Crippen molar-refractivity contribution >= 4 is 17.0 Å². The Morgan fingerprint density at radius 1 is 0.850 bits per heavy atom. The summed E-state index contributed by atoms with van der Waals surface area (Å²) in [6.07, 6.45) is -5.08. The fourth-order valence-electron chi connectivity index (χ4n) is 4.04. The number of rotatable bonds is 7. The number of hydrogen-bond acceptors (Lipinski definition) is 4. The third kappa shape index (κ3) is 7.27. The highest BCUT2D eigenvalue weighted by atomic mass is 19.4. The van der Waals surface area contributed by atoms with E-state index in [1.807, 2.05) is 12.1 Å². The van der Waals surface area contributed by atoms with Gasteiger partial charge in [-0.15, -0.1) is 0 Å². The molecule has 3 N–H and O–H groups in total. The largest absolute Gasteiger partial charge is 0.497 e. The topological polar surface area (TPSA) is 87.2 Å². The van der Waals surface area contributed by atoms with Gasteiger partial charge in [0, 0.05) is 18.7 Å². The van der Waals surface area contributed by atoms with Crippen LogP contribution in [0.4, 0.5) is 13.2 Å². The number of aliphatic carboxylic acids is 1. The van der Waals surface area contributed by atoms with Gasteiger partial charge in [0.1, 0.15) is 11.6 Å². The SMILES string of the molecule is COc1ccc(CNCc2ccc(-c3ccc(-c4nc5c(C)cccc5[nH]4)cc3)cc2)cc1.O=C(O)C(F)(F)F. The Labute approximate surface area is 229 Å². The van der Waals surface area contributed by atoms with E-state index in [0.717, 1.165) is 41.3 Å². The zero-order chi connectivity index (χ0) is 28.7. The van der Waals surface area contributed by atoms with Gasteiger partial charge in [0.2, 0.25) is 0 Å². The molecule has 0 saturated heterocycles. The Hall–Kier alpha value is -4.63. The fourth-order valence-corrected chi connectivity index (χ4v) is 4.04. The summed E-state index contributed by atoms with van der Waals surface area (Å²) in [6.45, 7) is 3.75. The molecule has 0 fully saturated rings. The van der Waals surface area contributed by atoms with Gasteiger partial charge in [-0.2, -0.15) is 13.2 Å². The number of ether oxygens (including phenoxy) is 1. The predicted molar refractivity (Wildman–Crippen MR) is 149 cm³/mol. The number of benzene rings is 4. The Bertz CT molecular complexity index is 1560. The number of methoxy groups -OCH3 is 1. The first kappa shape index (κ1) is 28.4. The van der Waals surface area contributed by atoms with Crippen molar-refractivity contribution in [2.45, 2.75) is 26.2 Å². The summed E-state index contributed by atoms with van der Waals surface area (Å²) >= 11 is 0. The number of aromatic nitrogens is 2. The molecule has 0 atom stereocenters. The van der Waals surface area contributed by atoms with Crippen molar-refractivity contribution in [1.82, 2.24) is 15.3 Å². The maximum atomic E-state index is 10.6. The van der Waals surface area contributed by atoms with Crippen molar-refractivity contribution in [3.63, 3.8) is 0 Å². The molecule has 0 aliphatic heterocycles.